The van der Waals surface area contributed by atoms with Gasteiger partial charge in [-0.05, 0) is 67.5 Å². The van der Waals surface area contributed by atoms with Crippen LogP contribution in [0.1, 0.15) is 50.7 Å². The highest BCUT2D eigenvalue weighted by Gasteiger charge is 2.34. The Bertz CT molecular complexity index is 1530. The third kappa shape index (κ3) is 12.2. The Morgan fingerprint density at radius 1 is 0.830 bits per heavy atom. The molecule has 3 rings (SSSR count). The summed E-state index contributed by atoms with van der Waals surface area (Å²) < 4.78 is 0. The molecule has 0 aliphatic carbocycles. The quantitative estimate of drug-likeness (QED) is 0.0764. The van der Waals surface area contributed by atoms with E-state index in [1.165, 1.54) is 15.9 Å². The van der Waals surface area contributed by atoms with E-state index in [0.717, 1.165) is 41.2 Å². The van der Waals surface area contributed by atoms with E-state index >= 15 is 0 Å². The first-order valence-electron chi connectivity index (χ1n) is 16.2. The molecule has 3 aromatic rings. The standard InChI is InChI=1S/C37H51N7O3/c1-37(2,40)21-13-18-33(45)43(3)32(26-28-19-20-29-16-9-10-17-30(29)24-28)35(47)44(4)31(25-27-14-7-5-8-15-27)34(46)41-22-11-6-12-23-42-36(38)39/h5,7-10,13-20,24,31-32H,6,11-12,21-23,25-26,40H2,1-4H3,(H,41,46)(H4,38,39,42)/b18-13+/t31-,32-/m0/s1. The lowest BCUT2D eigenvalue weighted by Crippen LogP contribution is -2.56. The maximum atomic E-state index is 14.4. The van der Waals surface area contributed by atoms with Crippen molar-refractivity contribution in [1.82, 2.24) is 15.1 Å². The molecule has 0 radical (unpaired) electrons. The fourth-order valence-corrected chi connectivity index (χ4v) is 5.30. The fourth-order valence-electron chi connectivity index (χ4n) is 5.30. The predicted octanol–water partition coefficient (Wildman–Crippen LogP) is 3.52. The van der Waals surface area contributed by atoms with Crippen molar-refractivity contribution in [3.8, 4) is 0 Å². The normalized spacial score (nSPS) is 12.8. The number of fused-ring (bicyclic) bond motifs is 1. The van der Waals surface area contributed by atoms with Gasteiger partial charge in [0.1, 0.15) is 12.1 Å². The molecule has 3 aromatic carbocycles. The van der Waals surface area contributed by atoms with Crippen LogP contribution in [0, 0.1) is 0 Å². The monoisotopic (exact) mass is 641 g/mol. The number of hydrogen-bond acceptors (Lipinski definition) is 5. The summed E-state index contributed by atoms with van der Waals surface area (Å²) in [5, 5.41) is 5.15. The molecule has 47 heavy (non-hydrogen) atoms. The second-order valence-corrected chi connectivity index (χ2v) is 12.8. The van der Waals surface area contributed by atoms with Crippen LogP contribution in [0.3, 0.4) is 0 Å². The molecule has 0 heterocycles. The molecule has 0 saturated carbocycles. The van der Waals surface area contributed by atoms with Crippen LogP contribution >= 0.6 is 0 Å². The van der Waals surface area contributed by atoms with Crippen LogP contribution in [0.4, 0.5) is 0 Å². The van der Waals surface area contributed by atoms with Crippen molar-refractivity contribution in [2.24, 2.45) is 22.2 Å². The van der Waals surface area contributed by atoms with Crippen LogP contribution in [-0.2, 0) is 27.2 Å². The lowest BCUT2D eigenvalue weighted by Gasteiger charge is -2.34. The number of nitrogens with zero attached hydrogens (tertiary/aromatic N) is 3. The molecule has 0 fully saturated rings. The second-order valence-electron chi connectivity index (χ2n) is 12.8. The summed E-state index contributed by atoms with van der Waals surface area (Å²) >= 11 is 0. The van der Waals surface area contributed by atoms with Crippen molar-refractivity contribution >= 4 is 34.5 Å². The zero-order valence-electron chi connectivity index (χ0n) is 28.2. The number of carbonyl (C=O) groups is 3. The molecule has 0 aliphatic rings. The zero-order valence-corrected chi connectivity index (χ0v) is 28.2. The van der Waals surface area contributed by atoms with Crippen LogP contribution in [0.2, 0.25) is 0 Å². The van der Waals surface area contributed by atoms with Gasteiger partial charge in [-0.3, -0.25) is 19.4 Å². The molecule has 3 amide bonds. The lowest BCUT2D eigenvalue weighted by molar-refractivity contribution is -0.146. The van der Waals surface area contributed by atoms with E-state index in [1.807, 2.05) is 86.6 Å². The highest BCUT2D eigenvalue weighted by atomic mass is 16.2. The van der Waals surface area contributed by atoms with E-state index in [1.54, 1.807) is 20.2 Å². The number of guanidine groups is 1. The topological polar surface area (TPSA) is 160 Å². The number of amides is 3. The Kier molecular flexibility index (Phi) is 14.0. The van der Waals surface area contributed by atoms with Gasteiger partial charge in [-0.2, -0.15) is 0 Å². The van der Waals surface area contributed by atoms with Gasteiger partial charge in [-0.1, -0.05) is 78.9 Å². The Balaban J connectivity index is 1.86. The van der Waals surface area contributed by atoms with E-state index in [-0.39, 0.29) is 30.1 Å². The maximum absolute atomic E-state index is 14.4. The van der Waals surface area contributed by atoms with Crippen LogP contribution in [0.15, 0.2) is 89.9 Å². The van der Waals surface area contributed by atoms with Crippen LogP contribution < -0.4 is 22.5 Å². The summed E-state index contributed by atoms with van der Waals surface area (Å²) in [6.07, 6.45) is 6.70. The van der Waals surface area contributed by atoms with Crippen LogP contribution in [-0.4, -0.2) is 78.3 Å². The molecule has 0 bridgehead atoms. The van der Waals surface area contributed by atoms with Gasteiger partial charge in [0, 0.05) is 45.6 Å². The summed E-state index contributed by atoms with van der Waals surface area (Å²) in [4.78, 5) is 48.4. The van der Waals surface area contributed by atoms with E-state index in [4.69, 9.17) is 17.2 Å². The summed E-state index contributed by atoms with van der Waals surface area (Å²) in [7, 11) is 3.27. The molecule has 0 aliphatic heterocycles. The molecular formula is C37H51N7O3. The van der Waals surface area contributed by atoms with Gasteiger partial charge in [0.15, 0.2) is 5.96 Å². The van der Waals surface area contributed by atoms with Gasteiger partial charge in [0.25, 0.3) is 0 Å². The fraction of sp³-hybridized carbons (Fsp3) is 0.405. The average Bonchev–Trinajstić information content (AvgIpc) is 3.04. The summed E-state index contributed by atoms with van der Waals surface area (Å²) in [6, 6.07) is 22.0. The molecule has 10 nitrogen and oxygen atoms in total. The van der Waals surface area contributed by atoms with Crippen molar-refractivity contribution in [3.05, 3.63) is 96.1 Å². The SMILES string of the molecule is CN(C(=O)/C=C/CC(C)(C)N)[C@@H](Cc1ccc2ccccc2c1)C(=O)N(C)[C@@H](Cc1ccccc1)C(=O)NCCCCCN=C(N)N. The molecule has 7 N–H and O–H groups in total. The maximum Gasteiger partial charge on any atom is 0.246 e. The molecule has 0 aromatic heterocycles. The van der Waals surface area contributed by atoms with E-state index in [9.17, 15) is 14.4 Å². The smallest absolute Gasteiger partial charge is 0.246 e. The molecule has 0 saturated heterocycles. The first-order chi connectivity index (χ1) is 22.4. The largest absolute Gasteiger partial charge is 0.370 e. The van der Waals surface area contributed by atoms with E-state index in [2.05, 4.69) is 10.3 Å². The zero-order chi connectivity index (χ0) is 34.4. The van der Waals surface area contributed by atoms with Crippen molar-refractivity contribution in [2.75, 3.05) is 27.2 Å². The van der Waals surface area contributed by atoms with Gasteiger partial charge in [0.05, 0.1) is 0 Å². The minimum atomic E-state index is -0.856. The van der Waals surface area contributed by atoms with Gasteiger partial charge in [-0.25, -0.2) is 0 Å². The Morgan fingerprint density at radius 3 is 2.17 bits per heavy atom. The molecule has 10 heteroatoms. The van der Waals surface area contributed by atoms with Crippen LogP contribution in [0.25, 0.3) is 10.8 Å². The van der Waals surface area contributed by atoms with Crippen molar-refractivity contribution < 1.29 is 14.4 Å². The van der Waals surface area contributed by atoms with Crippen molar-refractivity contribution in [3.63, 3.8) is 0 Å². The number of nitrogens with one attached hydrogen (secondary N) is 1. The van der Waals surface area contributed by atoms with Gasteiger partial charge in [0.2, 0.25) is 17.7 Å². The minimum absolute atomic E-state index is 0.0663. The highest BCUT2D eigenvalue weighted by molar-refractivity contribution is 5.95. The Labute approximate surface area is 279 Å². The number of unbranched alkanes of at least 4 members (excludes halogenated alkanes) is 2. The number of benzene rings is 3. The van der Waals surface area contributed by atoms with Gasteiger partial charge < -0.3 is 32.3 Å². The molecule has 2 atom stereocenters. The highest BCUT2D eigenvalue weighted by Crippen LogP contribution is 2.20. The van der Waals surface area contributed by atoms with E-state index in [0.29, 0.717) is 25.9 Å². The number of rotatable bonds is 17. The summed E-state index contributed by atoms with van der Waals surface area (Å²) in [5.74, 6) is -0.824. The third-order valence-electron chi connectivity index (χ3n) is 8.07. The first-order valence-corrected chi connectivity index (χ1v) is 16.2. The van der Waals surface area contributed by atoms with Crippen molar-refractivity contribution in [1.29, 1.82) is 0 Å². The predicted molar refractivity (Wildman–Crippen MR) is 190 cm³/mol. The average molecular weight is 642 g/mol. The third-order valence-corrected chi connectivity index (χ3v) is 8.07. The molecular weight excluding hydrogens is 590 g/mol. The molecule has 0 unspecified atom stereocenters. The number of likely N-dealkylation sites (N-methyl/N-ethyl adjacent to an activating group) is 2. The summed E-state index contributed by atoms with van der Waals surface area (Å²) in [6.45, 7) is 4.76. The van der Waals surface area contributed by atoms with E-state index < -0.39 is 17.6 Å². The number of carbonyl (C=O) groups excluding carboxylic acids is 3. The Morgan fingerprint density at radius 2 is 1.49 bits per heavy atom. The second kappa shape index (κ2) is 17.9. The molecule has 0 spiro atoms. The van der Waals surface area contributed by atoms with Crippen molar-refractivity contribution in [2.45, 2.75) is 70.0 Å². The lowest BCUT2D eigenvalue weighted by atomic mass is 9.98. The van der Waals surface area contributed by atoms with Gasteiger partial charge in [-0.15, -0.1) is 0 Å². The molecule has 252 valence electrons. The number of hydrogen-bond donors (Lipinski definition) is 4. The first kappa shape index (κ1) is 36.8. The number of nitrogens with two attached hydrogens (primary N) is 3. The minimum Gasteiger partial charge on any atom is -0.370 e. The Hall–Kier alpha value is -4.70. The number of aliphatic imine (C=N–C) groups is 1. The summed E-state index contributed by atoms with van der Waals surface area (Å²) in [5.41, 5.74) is 18.2. The van der Waals surface area contributed by atoms with Crippen LogP contribution in [0.5, 0.6) is 0 Å². The van der Waals surface area contributed by atoms with Gasteiger partial charge >= 0.3 is 0 Å².